The zero-order valence-electron chi connectivity index (χ0n) is 7.62. The van der Waals surface area contributed by atoms with Gasteiger partial charge in [0.2, 0.25) is 10.0 Å². The second-order valence-corrected chi connectivity index (χ2v) is 4.77. The Labute approximate surface area is 82.0 Å². The minimum Gasteiger partial charge on any atom is -0.398 e. The van der Waals surface area contributed by atoms with E-state index in [4.69, 9.17) is 5.73 Å². The van der Waals surface area contributed by atoms with Gasteiger partial charge < -0.3 is 5.73 Å². The second kappa shape index (κ2) is 3.93. The van der Waals surface area contributed by atoms with Crippen molar-refractivity contribution in [1.29, 1.82) is 0 Å². The van der Waals surface area contributed by atoms with Crippen molar-refractivity contribution in [2.24, 2.45) is 0 Å². The van der Waals surface area contributed by atoms with Crippen LogP contribution in [-0.2, 0) is 16.6 Å². The Kier molecular flexibility index (Phi) is 3.07. The van der Waals surface area contributed by atoms with E-state index in [1.807, 2.05) is 0 Å². The maximum Gasteiger partial charge on any atom is 0.209 e. The topological polar surface area (TPSA) is 72.2 Å². The first-order valence-electron chi connectivity index (χ1n) is 3.87. The molecule has 0 amide bonds. The van der Waals surface area contributed by atoms with E-state index in [0.717, 1.165) is 6.26 Å². The standard InChI is InChI=1S/C8H11FN2O2S/c1-14(12,13)11-5-6-4-7(9)2-3-8(6)10/h2-4,11H,5,10H2,1H3. The maximum absolute atomic E-state index is 12.7. The molecule has 0 aliphatic carbocycles. The number of anilines is 1. The molecule has 1 rings (SSSR count). The number of nitrogen functional groups attached to an aromatic ring is 1. The van der Waals surface area contributed by atoms with E-state index >= 15 is 0 Å². The third kappa shape index (κ3) is 3.31. The Morgan fingerprint density at radius 3 is 2.71 bits per heavy atom. The second-order valence-electron chi connectivity index (χ2n) is 2.94. The fraction of sp³-hybridized carbons (Fsp3) is 0.250. The Bertz CT molecular complexity index is 431. The first-order chi connectivity index (χ1) is 6.38. The van der Waals surface area contributed by atoms with Gasteiger partial charge in [0, 0.05) is 12.2 Å². The Morgan fingerprint density at radius 1 is 1.50 bits per heavy atom. The zero-order valence-corrected chi connectivity index (χ0v) is 8.44. The molecule has 1 aromatic carbocycles. The quantitative estimate of drug-likeness (QED) is 0.724. The van der Waals surface area contributed by atoms with Gasteiger partial charge in [0.1, 0.15) is 5.82 Å². The van der Waals surface area contributed by atoms with Gasteiger partial charge in [-0.15, -0.1) is 0 Å². The number of benzene rings is 1. The first kappa shape index (κ1) is 10.9. The van der Waals surface area contributed by atoms with E-state index in [2.05, 4.69) is 4.72 Å². The number of hydrogen-bond donors (Lipinski definition) is 2. The van der Waals surface area contributed by atoms with Crippen molar-refractivity contribution >= 4 is 15.7 Å². The van der Waals surface area contributed by atoms with E-state index < -0.39 is 15.8 Å². The monoisotopic (exact) mass is 218 g/mol. The molecule has 0 spiro atoms. The van der Waals surface area contributed by atoms with Crippen LogP contribution in [0.3, 0.4) is 0 Å². The van der Waals surface area contributed by atoms with Gasteiger partial charge in [-0.2, -0.15) is 0 Å². The summed E-state index contributed by atoms with van der Waals surface area (Å²) in [5.41, 5.74) is 6.31. The van der Waals surface area contributed by atoms with Crippen LogP contribution in [-0.4, -0.2) is 14.7 Å². The summed E-state index contributed by atoms with van der Waals surface area (Å²) < 4.78 is 36.5. The van der Waals surface area contributed by atoms with E-state index in [9.17, 15) is 12.8 Å². The lowest BCUT2D eigenvalue weighted by Crippen LogP contribution is -2.21. The van der Waals surface area contributed by atoms with Gasteiger partial charge in [-0.25, -0.2) is 17.5 Å². The Morgan fingerprint density at radius 2 is 2.14 bits per heavy atom. The van der Waals surface area contributed by atoms with E-state index in [-0.39, 0.29) is 6.54 Å². The Hall–Kier alpha value is -1.14. The van der Waals surface area contributed by atoms with Gasteiger partial charge in [0.05, 0.1) is 6.26 Å². The van der Waals surface area contributed by atoms with Gasteiger partial charge in [0.15, 0.2) is 0 Å². The predicted octanol–water partition coefficient (Wildman–Crippen LogP) is 0.457. The minimum absolute atomic E-state index is 0.00241. The molecule has 0 aliphatic heterocycles. The van der Waals surface area contributed by atoms with Crippen molar-refractivity contribution in [3.05, 3.63) is 29.6 Å². The smallest absolute Gasteiger partial charge is 0.209 e. The number of halogens is 1. The van der Waals surface area contributed by atoms with Crippen LogP contribution in [0.5, 0.6) is 0 Å². The van der Waals surface area contributed by atoms with Crippen molar-refractivity contribution in [3.63, 3.8) is 0 Å². The lowest BCUT2D eigenvalue weighted by atomic mass is 10.2. The molecule has 14 heavy (non-hydrogen) atoms. The molecule has 1 aromatic rings. The fourth-order valence-corrected chi connectivity index (χ4v) is 1.35. The van der Waals surface area contributed by atoms with E-state index in [0.29, 0.717) is 11.3 Å². The molecule has 4 nitrogen and oxygen atoms in total. The molecule has 0 atom stereocenters. The average molecular weight is 218 g/mol. The number of nitrogens with two attached hydrogens (primary N) is 1. The van der Waals surface area contributed by atoms with Gasteiger partial charge in [-0.3, -0.25) is 0 Å². The highest BCUT2D eigenvalue weighted by molar-refractivity contribution is 7.88. The molecule has 0 aromatic heterocycles. The van der Waals surface area contributed by atoms with Crippen molar-refractivity contribution in [2.45, 2.75) is 6.54 Å². The Balaban J connectivity index is 2.81. The highest BCUT2D eigenvalue weighted by Crippen LogP contribution is 2.12. The van der Waals surface area contributed by atoms with Crippen LogP contribution < -0.4 is 10.5 Å². The molecular formula is C8H11FN2O2S. The summed E-state index contributed by atoms with van der Waals surface area (Å²) in [5.74, 6) is -0.440. The van der Waals surface area contributed by atoms with E-state index in [1.165, 1.54) is 18.2 Å². The van der Waals surface area contributed by atoms with Gasteiger partial charge in [0.25, 0.3) is 0 Å². The molecule has 6 heteroatoms. The summed E-state index contributed by atoms with van der Waals surface area (Å²) in [7, 11) is -3.28. The SMILES string of the molecule is CS(=O)(=O)NCc1cc(F)ccc1N. The molecule has 0 saturated carbocycles. The summed E-state index contributed by atoms with van der Waals surface area (Å²) in [6.07, 6.45) is 1.03. The van der Waals surface area contributed by atoms with Crippen LogP contribution >= 0.6 is 0 Å². The summed E-state index contributed by atoms with van der Waals surface area (Å²) >= 11 is 0. The van der Waals surface area contributed by atoms with Crippen molar-refractivity contribution < 1.29 is 12.8 Å². The molecule has 78 valence electrons. The van der Waals surface area contributed by atoms with Gasteiger partial charge in [-0.1, -0.05) is 0 Å². The van der Waals surface area contributed by atoms with E-state index in [1.54, 1.807) is 0 Å². The molecule has 0 aliphatic rings. The first-order valence-corrected chi connectivity index (χ1v) is 5.76. The summed E-state index contributed by atoms with van der Waals surface area (Å²) in [5, 5.41) is 0. The number of rotatable bonds is 3. The molecule has 0 radical (unpaired) electrons. The average Bonchev–Trinajstić information content (AvgIpc) is 2.05. The summed E-state index contributed by atoms with van der Waals surface area (Å²) in [6.45, 7) is 0.00241. The molecule has 0 fully saturated rings. The number of sulfonamides is 1. The zero-order chi connectivity index (χ0) is 10.8. The van der Waals surface area contributed by atoms with Gasteiger partial charge in [-0.05, 0) is 23.8 Å². The normalized spacial score (nSPS) is 11.6. The highest BCUT2D eigenvalue weighted by atomic mass is 32.2. The third-order valence-electron chi connectivity index (χ3n) is 1.63. The van der Waals surface area contributed by atoms with Crippen molar-refractivity contribution in [2.75, 3.05) is 12.0 Å². The summed E-state index contributed by atoms with van der Waals surface area (Å²) in [4.78, 5) is 0. The lowest BCUT2D eigenvalue weighted by Gasteiger charge is -2.05. The largest absolute Gasteiger partial charge is 0.398 e. The number of nitrogens with one attached hydrogen (secondary N) is 1. The van der Waals surface area contributed by atoms with Crippen LogP contribution in [0.25, 0.3) is 0 Å². The third-order valence-corrected chi connectivity index (χ3v) is 2.30. The van der Waals surface area contributed by atoms with Crippen LogP contribution in [0.15, 0.2) is 18.2 Å². The highest BCUT2D eigenvalue weighted by Gasteiger charge is 2.04. The molecule has 0 bridgehead atoms. The van der Waals surface area contributed by atoms with Crippen LogP contribution in [0.4, 0.5) is 10.1 Å². The fourth-order valence-electron chi connectivity index (χ4n) is 0.936. The lowest BCUT2D eigenvalue weighted by molar-refractivity contribution is 0.586. The summed E-state index contributed by atoms with van der Waals surface area (Å²) in [6, 6.07) is 3.82. The molecule has 0 saturated heterocycles. The van der Waals surface area contributed by atoms with Crippen LogP contribution in [0.1, 0.15) is 5.56 Å². The molecule has 0 heterocycles. The molecular weight excluding hydrogens is 207 g/mol. The minimum atomic E-state index is -3.28. The molecule has 0 unspecified atom stereocenters. The van der Waals surface area contributed by atoms with Crippen molar-refractivity contribution in [3.8, 4) is 0 Å². The molecule has 3 N–H and O–H groups in total. The van der Waals surface area contributed by atoms with Crippen molar-refractivity contribution in [1.82, 2.24) is 4.72 Å². The van der Waals surface area contributed by atoms with Crippen LogP contribution in [0, 0.1) is 5.82 Å². The van der Waals surface area contributed by atoms with Crippen LogP contribution in [0.2, 0.25) is 0 Å². The number of hydrogen-bond acceptors (Lipinski definition) is 3. The predicted molar refractivity (Wildman–Crippen MR) is 52.5 cm³/mol. The maximum atomic E-state index is 12.7. The van der Waals surface area contributed by atoms with Gasteiger partial charge >= 0.3 is 0 Å².